The number of hydrogen-bond donors (Lipinski definition) is 0. The van der Waals surface area contributed by atoms with E-state index in [0.717, 1.165) is 42.8 Å². The Morgan fingerprint density at radius 3 is 2.46 bits per heavy atom. The SMILES string of the molecule is Cc1cc(C)cc(OCC(=O)N2CCC(c3ccnn3C)CC2)c1. The number of aromatic nitrogens is 2. The van der Waals surface area contributed by atoms with Crippen LogP contribution in [0.5, 0.6) is 5.75 Å². The molecule has 5 nitrogen and oxygen atoms in total. The molecule has 0 bridgehead atoms. The number of rotatable bonds is 4. The maximum absolute atomic E-state index is 12.4. The zero-order valence-corrected chi connectivity index (χ0v) is 14.7. The highest BCUT2D eigenvalue weighted by Gasteiger charge is 2.25. The number of carbonyl (C=O) groups excluding carboxylic acids is 1. The first-order chi connectivity index (χ1) is 11.5. The molecule has 1 aromatic heterocycles. The van der Waals surface area contributed by atoms with E-state index in [-0.39, 0.29) is 12.5 Å². The first kappa shape index (κ1) is 16.6. The summed E-state index contributed by atoms with van der Waals surface area (Å²) in [6.07, 6.45) is 3.80. The second-order valence-corrected chi connectivity index (χ2v) is 6.65. The average Bonchev–Trinajstić information content (AvgIpc) is 2.98. The second-order valence-electron chi connectivity index (χ2n) is 6.65. The quantitative estimate of drug-likeness (QED) is 0.867. The van der Waals surface area contributed by atoms with Gasteiger partial charge in [-0.2, -0.15) is 5.10 Å². The Morgan fingerprint density at radius 1 is 1.21 bits per heavy atom. The van der Waals surface area contributed by atoms with Gasteiger partial charge >= 0.3 is 0 Å². The van der Waals surface area contributed by atoms with Crippen LogP contribution in [0.25, 0.3) is 0 Å². The summed E-state index contributed by atoms with van der Waals surface area (Å²) in [6.45, 7) is 5.74. The fourth-order valence-corrected chi connectivity index (χ4v) is 3.46. The van der Waals surface area contributed by atoms with Crippen LogP contribution in [0.2, 0.25) is 0 Å². The molecule has 128 valence electrons. The van der Waals surface area contributed by atoms with E-state index in [2.05, 4.69) is 17.2 Å². The highest BCUT2D eigenvalue weighted by molar-refractivity contribution is 5.77. The van der Waals surface area contributed by atoms with Crippen molar-refractivity contribution in [3.8, 4) is 5.75 Å². The zero-order chi connectivity index (χ0) is 17.1. The van der Waals surface area contributed by atoms with Crippen LogP contribution >= 0.6 is 0 Å². The lowest BCUT2D eigenvalue weighted by Crippen LogP contribution is -2.40. The first-order valence-corrected chi connectivity index (χ1v) is 8.49. The number of hydrogen-bond acceptors (Lipinski definition) is 3. The smallest absolute Gasteiger partial charge is 0.260 e. The number of nitrogens with zero attached hydrogens (tertiary/aromatic N) is 3. The van der Waals surface area contributed by atoms with Crippen molar-refractivity contribution >= 4 is 5.91 Å². The van der Waals surface area contributed by atoms with Crippen LogP contribution in [-0.4, -0.2) is 40.3 Å². The number of ether oxygens (including phenoxy) is 1. The lowest BCUT2D eigenvalue weighted by molar-refractivity contribution is -0.134. The number of benzene rings is 1. The van der Waals surface area contributed by atoms with Gasteiger partial charge in [-0.05, 0) is 56.0 Å². The molecule has 2 aromatic rings. The van der Waals surface area contributed by atoms with Gasteiger partial charge in [0.05, 0.1) is 0 Å². The summed E-state index contributed by atoms with van der Waals surface area (Å²) in [4.78, 5) is 14.3. The molecule has 0 atom stereocenters. The van der Waals surface area contributed by atoms with Gasteiger partial charge in [-0.15, -0.1) is 0 Å². The van der Waals surface area contributed by atoms with Crippen LogP contribution in [-0.2, 0) is 11.8 Å². The Hall–Kier alpha value is -2.30. The summed E-state index contributed by atoms with van der Waals surface area (Å²) in [5.41, 5.74) is 3.55. The molecule has 1 fully saturated rings. The topological polar surface area (TPSA) is 47.4 Å². The monoisotopic (exact) mass is 327 g/mol. The van der Waals surface area contributed by atoms with Crippen molar-refractivity contribution in [1.82, 2.24) is 14.7 Å². The highest BCUT2D eigenvalue weighted by Crippen LogP contribution is 2.27. The molecule has 5 heteroatoms. The van der Waals surface area contributed by atoms with E-state index in [9.17, 15) is 4.79 Å². The fourth-order valence-electron chi connectivity index (χ4n) is 3.46. The summed E-state index contributed by atoms with van der Waals surface area (Å²) in [5.74, 6) is 1.32. The maximum atomic E-state index is 12.4. The van der Waals surface area contributed by atoms with Gasteiger partial charge in [0.25, 0.3) is 5.91 Å². The molecule has 0 spiro atoms. The predicted octanol–water partition coefficient (Wildman–Crippen LogP) is 2.82. The molecule has 1 aromatic carbocycles. The Kier molecular flexibility index (Phi) is 4.88. The molecule has 0 N–H and O–H groups in total. The third kappa shape index (κ3) is 3.78. The Morgan fingerprint density at radius 2 is 1.88 bits per heavy atom. The molecule has 1 aliphatic rings. The molecule has 1 amide bonds. The third-order valence-corrected chi connectivity index (χ3v) is 4.68. The third-order valence-electron chi connectivity index (χ3n) is 4.68. The molecule has 24 heavy (non-hydrogen) atoms. The van der Waals surface area contributed by atoms with E-state index in [1.54, 1.807) is 0 Å². The number of aryl methyl sites for hydroxylation is 3. The van der Waals surface area contributed by atoms with Crippen molar-refractivity contribution in [3.63, 3.8) is 0 Å². The lowest BCUT2D eigenvalue weighted by Gasteiger charge is -2.32. The van der Waals surface area contributed by atoms with Crippen molar-refractivity contribution < 1.29 is 9.53 Å². The van der Waals surface area contributed by atoms with Crippen LogP contribution in [0.4, 0.5) is 0 Å². The molecule has 2 heterocycles. The molecule has 1 aliphatic heterocycles. The fraction of sp³-hybridized carbons (Fsp3) is 0.474. The minimum absolute atomic E-state index is 0.0672. The molecular formula is C19H25N3O2. The van der Waals surface area contributed by atoms with Crippen LogP contribution in [0.1, 0.15) is 35.6 Å². The minimum atomic E-state index is 0.0672. The molecule has 3 rings (SSSR count). The van der Waals surface area contributed by atoms with Gasteiger partial charge in [0.15, 0.2) is 6.61 Å². The van der Waals surface area contributed by atoms with Crippen molar-refractivity contribution in [2.24, 2.45) is 7.05 Å². The molecule has 1 saturated heterocycles. The van der Waals surface area contributed by atoms with Gasteiger partial charge < -0.3 is 9.64 Å². The Bertz CT molecular complexity index is 695. The normalized spacial score (nSPS) is 15.5. The van der Waals surface area contributed by atoms with E-state index in [1.165, 1.54) is 5.69 Å². The van der Waals surface area contributed by atoms with Gasteiger partial charge in [-0.25, -0.2) is 0 Å². The number of amides is 1. The minimum Gasteiger partial charge on any atom is -0.484 e. The second kappa shape index (κ2) is 7.07. The summed E-state index contributed by atoms with van der Waals surface area (Å²) in [5, 5.41) is 4.24. The molecule has 0 unspecified atom stereocenters. The van der Waals surface area contributed by atoms with Gasteiger partial charge in [0, 0.05) is 37.9 Å². The first-order valence-electron chi connectivity index (χ1n) is 8.49. The van der Waals surface area contributed by atoms with Crippen molar-refractivity contribution in [1.29, 1.82) is 0 Å². The van der Waals surface area contributed by atoms with Crippen molar-refractivity contribution in [2.45, 2.75) is 32.6 Å². The number of likely N-dealkylation sites (tertiary alicyclic amines) is 1. The van der Waals surface area contributed by atoms with E-state index in [1.807, 2.05) is 48.8 Å². The van der Waals surface area contributed by atoms with E-state index < -0.39 is 0 Å². The summed E-state index contributed by atoms with van der Waals surface area (Å²) < 4.78 is 7.63. The van der Waals surface area contributed by atoms with Crippen LogP contribution in [0.3, 0.4) is 0 Å². The largest absolute Gasteiger partial charge is 0.484 e. The van der Waals surface area contributed by atoms with Gasteiger partial charge in [-0.3, -0.25) is 9.48 Å². The molecular weight excluding hydrogens is 302 g/mol. The van der Waals surface area contributed by atoms with Crippen molar-refractivity contribution in [2.75, 3.05) is 19.7 Å². The summed E-state index contributed by atoms with van der Waals surface area (Å²) >= 11 is 0. The average molecular weight is 327 g/mol. The van der Waals surface area contributed by atoms with Crippen LogP contribution < -0.4 is 4.74 Å². The van der Waals surface area contributed by atoms with Crippen LogP contribution in [0, 0.1) is 13.8 Å². The van der Waals surface area contributed by atoms with Crippen LogP contribution in [0.15, 0.2) is 30.5 Å². The zero-order valence-electron chi connectivity index (χ0n) is 14.7. The maximum Gasteiger partial charge on any atom is 0.260 e. The Labute approximate surface area is 143 Å². The molecule has 0 saturated carbocycles. The number of piperidine rings is 1. The predicted molar refractivity (Wildman–Crippen MR) is 93.2 cm³/mol. The summed E-state index contributed by atoms with van der Waals surface area (Å²) in [6, 6.07) is 8.10. The van der Waals surface area contributed by atoms with E-state index >= 15 is 0 Å². The molecule has 0 radical (unpaired) electrons. The summed E-state index contributed by atoms with van der Waals surface area (Å²) in [7, 11) is 1.98. The van der Waals surface area contributed by atoms with Gasteiger partial charge in [0.1, 0.15) is 5.75 Å². The van der Waals surface area contributed by atoms with E-state index in [0.29, 0.717) is 5.92 Å². The highest BCUT2D eigenvalue weighted by atomic mass is 16.5. The van der Waals surface area contributed by atoms with E-state index in [4.69, 9.17) is 4.74 Å². The lowest BCUT2D eigenvalue weighted by atomic mass is 9.93. The standard InChI is InChI=1S/C19H25N3O2/c1-14-10-15(2)12-17(11-14)24-13-19(23)22-8-5-16(6-9-22)18-4-7-20-21(18)3/h4,7,10-12,16H,5-6,8-9,13H2,1-3H3. The Balaban J connectivity index is 1.51. The van der Waals surface area contributed by atoms with Gasteiger partial charge in [0.2, 0.25) is 0 Å². The molecule has 0 aliphatic carbocycles. The van der Waals surface area contributed by atoms with Crippen molar-refractivity contribution in [3.05, 3.63) is 47.3 Å². The van der Waals surface area contributed by atoms with Gasteiger partial charge in [-0.1, -0.05) is 6.07 Å². The number of carbonyl (C=O) groups is 1.